The highest BCUT2D eigenvalue weighted by Crippen LogP contribution is 2.12. The predicted molar refractivity (Wildman–Crippen MR) is 64.1 cm³/mol. The Labute approximate surface area is 105 Å². The van der Waals surface area contributed by atoms with Gasteiger partial charge in [-0.15, -0.1) is 0 Å². The molecule has 0 unspecified atom stereocenters. The maximum atomic E-state index is 13.4. The largest absolute Gasteiger partial charge is 0.340 e. The fourth-order valence-electron chi connectivity index (χ4n) is 2.11. The summed E-state index contributed by atoms with van der Waals surface area (Å²) in [7, 11) is 0. The zero-order valence-corrected chi connectivity index (χ0v) is 10.2. The number of halogens is 2. The first-order valence-electron chi connectivity index (χ1n) is 6.01. The monoisotopic (exact) mass is 254 g/mol. The lowest BCUT2D eigenvalue weighted by molar-refractivity contribution is -0.131. The first kappa shape index (κ1) is 13.0. The molecule has 1 heterocycles. The van der Waals surface area contributed by atoms with E-state index < -0.39 is 11.6 Å². The fraction of sp³-hybridized carbons (Fsp3) is 0.462. The third-order valence-corrected chi connectivity index (χ3v) is 3.07. The lowest BCUT2D eigenvalue weighted by Gasteiger charge is -2.32. The molecule has 0 aliphatic carbocycles. The van der Waals surface area contributed by atoms with Gasteiger partial charge in [0.2, 0.25) is 5.91 Å². The first-order valence-corrected chi connectivity index (χ1v) is 6.01. The number of amides is 1. The number of nitrogens with zero attached hydrogens (tertiary/aromatic N) is 1. The van der Waals surface area contributed by atoms with Crippen molar-refractivity contribution in [2.24, 2.45) is 0 Å². The van der Waals surface area contributed by atoms with Gasteiger partial charge in [0.15, 0.2) is 0 Å². The molecule has 1 aliphatic rings. The number of piperazine rings is 1. The molecule has 0 radical (unpaired) electrons. The van der Waals surface area contributed by atoms with Gasteiger partial charge in [-0.2, -0.15) is 0 Å². The van der Waals surface area contributed by atoms with E-state index in [2.05, 4.69) is 5.32 Å². The summed E-state index contributed by atoms with van der Waals surface area (Å²) in [4.78, 5) is 13.7. The molecule has 0 bridgehead atoms. The summed E-state index contributed by atoms with van der Waals surface area (Å²) < 4.78 is 26.4. The van der Waals surface area contributed by atoms with Crippen LogP contribution in [0, 0.1) is 11.6 Å². The lowest BCUT2D eigenvalue weighted by atomic mass is 10.1. The molecule has 1 N–H and O–H groups in total. The van der Waals surface area contributed by atoms with Gasteiger partial charge in [0.05, 0.1) is 6.42 Å². The molecule has 3 nitrogen and oxygen atoms in total. The Morgan fingerprint density at radius 3 is 3.00 bits per heavy atom. The van der Waals surface area contributed by atoms with Crippen molar-refractivity contribution in [1.82, 2.24) is 10.2 Å². The highest BCUT2D eigenvalue weighted by molar-refractivity contribution is 5.79. The number of carbonyl (C=O) groups is 1. The minimum atomic E-state index is -0.534. The first-order chi connectivity index (χ1) is 8.56. The number of hydrogen-bond acceptors (Lipinski definition) is 2. The van der Waals surface area contributed by atoms with Crippen LogP contribution >= 0.6 is 0 Å². The van der Waals surface area contributed by atoms with Gasteiger partial charge in [-0.25, -0.2) is 8.78 Å². The van der Waals surface area contributed by atoms with Gasteiger partial charge in [0.1, 0.15) is 11.6 Å². The van der Waals surface area contributed by atoms with Gasteiger partial charge in [0.25, 0.3) is 0 Å². The van der Waals surface area contributed by atoms with Crippen LogP contribution in [0.15, 0.2) is 18.2 Å². The summed E-state index contributed by atoms with van der Waals surface area (Å²) in [6, 6.07) is 3.42. The molecule has 1 atom stereocenters. The third-order valence-electron chi connectivity index (χ3n) is 3.07. The van der Waals surface area contributed by atoms with Crippen molar-refractivity contribution in [1.29, 1.82) is 0 Å². The van der Waals surface area contributed by atoms with Gasteiger partial charge in [0, 0.05) is 31.2 Å². The Hall–Kier alpha value is -1.49. The van der Waals surface area contributed by atoms with Gasteiger partial charge in [-0.1, -0.05) is 0 Å². The number of hydrogen-bond donors (Lipinski definition) is 1. The molecule has 0 aromatic heterocycles. The molecular formula is C13H16F2N2O. The Bertz CT molecular complexity index is 451. The number of carbonyl (C=O) groups excluding carboxylic acids is 1. The van der Waals surface area contributed by atoms with Gasteiger partial charge in [-0.05, 0) is 25.1 Å². The zero-order valence-electron chi connectivity index (χ0n) is 10.2. The molecular weight excluding hydrogens is 238 g/mol. The molecule has 0 saturated carbocycles. The summed E-state index contributed by atoms with van der Waals surface area (Å²) in [5.74, 6) is -1.21. The molecule has 0 spiro atoms. The van der Waals surface area contributed by atoms with Crippen LogP contribution in [-0.4, -0.2) is 36.5 Å². The molecule has 1 aliphatic heterocycles. The fourth-order valence-corrected chi connectivity index (χ4v) is 2.11. The van der Waals surface area contributed by atoms with Crippen LogP contribution in [0.2, 0.25) is 0 Å². The van der Waals surface area contributed by atoms with Crippen molar-refractivity contribution in [3.05, 3.63) is 35.4 Å². The Morgan fingerprint density at radius 2 is 2.28 bits per heavy atom. The quantitative estimate of drug-likeness (QED) is 0.863. The Kier molecular flexibility index (Phi) is 3.91. The topological polar surface area (TPSA) is 32.3 Å². The van der Waals surface area contributed by atoms with Crippen molar-refractivity contribution in [3.8, 4) is 0 Å². The van der Waals surface area contributed by atoms with Crippen LogP contribution in [0.5, 0.6) is 0 Å². The van der Waals surface area contributed by atoms with E-state index in [0.29, 0.717) is 13.1 Å². The van der Waals surface area contributed by atoms with Crippen LogP contribution in [0.1, 0.15) is 12.5 Å². The summed E-state index contributed by atoms with van der Waals surface area (Å²) in [5.41, 5.74) is 0.117. The zero-order chi connectivity index (χ0) is 13.1. The molecule has 1 fully saturated rings. The van der Waals surface area contributed by atoms with Crippen molar-refractivity contribution >= 4 is 5.91 Å². The lowest BCUT2D eigenvalue weighted by Crippen LogP contribution is -2.51. The molecule has 1 aromatic carbocycles. The van der Waals surface area contributed by atoms with E-state index in [1.165, 1.54) is 0 Å². The standard InChI is InChI=1S/C13H16F2N2O/c1-9-8-17(5-4-16-9)13(18)7-10-6-11(14)2-3-12(10)15/h2-3,6,9,16H,4-5,7-8H2,1H3/t9-/m1/s1. The summed E-state index contributed by atoms with van der Waals surface area (Å²) >= 11 is 0. The van der Waals surface area contributed by atoms with Gasteiger partial charge >= 0.3 is 0 Å². The molecule has 5 heteroatoms. The predicted octanol–water partition coefficient (Wildman–Crippen LogP) is 1.33. The normalized spacial score (nSPS) is 19.9. The van der Waals surface area contributed by atoms with Crippen LogP contribution in [0.3, 0.4) is 0 Å². The van der Waals surface area contributed by atoms with Gasteiger partial charge in [-0.3, -0.25) is 4.79 Å². The highest BCUT2D eigenvalue weighted by Gasteiger charge is 2.21. The van der Waals surface area contributed by atoms with E-state index in [1.807, 2.05) is 6.92 Å². The van der Waals surface area contributed by atoms with Crippen molar-refractivity contribution in [2.45, 2.75) is 19.4 Å². The molecule has 2 rings (SSSR count). The number of benzene rings is 1. The van der Waals surface area contributed by atoms with Crippen LogP contribution < -0.4 is 5.32 Å². The van der Waals surface area contributed by atoms with Crippen molar-refractivity contribution in [3.63, 3.8) is 0 Å². The summed E-state index contributed by atoms with van der Waals surface area (Å²) in [6.07, 6.45) is -0.0870. The van der Waals surface area contributed by atoms with Gasteiger partial charge < -0.3 is 10.2 Å². The average molecular weight is 254 g/mol. The summed E-state index contributed by atoms with van der Waals surface area (Å²) in [5, 5.41) is 3.22. The molecule has 1 amide bonds. The maximum Gasteiger partial charge on any atom is 0.227 e. The number of nitrogens with one attached hydrogen (secondary N) is 1. The molecule has 1 aromatic rings. The number of rotatable bonds is 2. The van der Waals surface area contributed by atoms with Crippen LogP contribution in [0.25, 0.3) is 0 Å². The molecule has 18 heavy (non-hydrogen) atoms. The minimum Gasteiger partial charge on any atom is -0.340 e. The van der Waals surface area contributed by atoms with E-state index in [0.717, 1.165) is 24.7 Å². The molecule has 1 saturated heterocycles. The molecule has 98 valence electrons. The van der Waals surface area contributed by atoms with E-state index in [4.69, 9.17) is 0 Å². The van der Waals surface area contributed by atoms with Crippen LogP contribution in [-0.2, 0) is 11.2 Å². The minimum absolute atomic E-state index is 0.0870. The summed E-state index contributed by atoms with van der Waals surface area (Å²) in [6.45, 7) is 3.94. The maximum absolute atomic E-state index is 13.4. The van der Waals surface area contributed by atoms with E-state index in [9.17, 15) is 13.6 Å². The average Bonchev–Trinajstić information content (AvgIpc) is 2.34. The van der Waals surface area contributed by atoms with Crippen LogP contribution in [0.4, 0.5) is 8.78 Å². The van der Waals surface area contributed by atoms with Crippen molar-refractivity contribution in [2.75, 3.05) is 19.6 Å². The smallest absolute Gasteiger partial charge is 0.227 e. The Balaban J connectivity index is 2.04. The van der Waals surface area contributed by atoms with E-state index >= 15 is 0 Å². The third kappa shape index (κ3) is 3.04. The van der Waals surface area contributed by atoms with E-state index in [1.54, 1.807) is 4.90 Å². The van der Waals surface area contributed by atoms with E-state index in [-0.39, 0.29) is 23.9 Å². The Morgan fingerprint density at radius 1 is 1.50 bits per heavy atom. The highest BCUT2D eigenvalue weighted by atomic mass is 19.1. The SMILES string of the molecule is C[C@@H]1CN(C(=O)Cc2cc(F)ccc2F)CCN1. The van der Waals surface area contributed by atoms with Crippen molar-refractivity contribution < 1.29 is 13.6 Å². The second-order valence-electron chi connectivity index (χ2n) is 4.61. The second kappa shape index (κ2) is 5.44. The second-order valence-corrected chi connectivity index (χ2v) is 4.61.